The maximum atomic E-state index is 12.8. The molecule has 1 rings (SSSR count). The van der Waals surface area contributed by atoms with Crippen LogP contribution in [0.5, 0.6) is 0 Å². The van der Waals surface area contributed by atoms with Crippen molar-refractivity contribution in [2.45, 2.75) is 57.3 Å². The molecule has 8 N–H and O–H groups in total. The highest BCUT2D eigenvalue weighted by atomic mass is 32.2. The molecule has 0 radical (unpaired) electrons. The number of aliphatic hydroxyl groups excluding tert-OH is 1. The van der Waals surface area contributed by atoms with Gasteiger partial charge in [0.1, 0.15) is 18.1 Å². The first-order valence-electron chi connectivity index (χ1n) is 10.6. The van der Waals surface area contributed by atoms with Gasteiger partial charge in [-0.05, 0) is 30.8 Å². The number of hydrogen-bond acceptors (Lipinski definition) is 8. The van der Waals surface area contributed by atoms with E-state index < -0.39 is 54.5 Å². The molecule has 186 valence electrons. The van der Waals surface area contributed by atoms with Gasteiger partial charge in [0.2, 0.25) is 17.7 Å². The number of aliphatic hydroxyl groups is 1. The standard InChI is InChI=1S/C20H34N6O6S/c1-11(2)6-15(20(31)32)25-19(30)16(9-27)26-18(29)14(4-5-33-3)24-17(28)13(21)7-12-8-22-10-23-12/h8,10-11,13-16,27H,4-7,9,21H2,1-3H3,(H,22,23)(H,24,28)(H,25,30)(H,26,29)(H,31,32). The Hall–Kier alpha value is -2.64. The van der Waals surface area contributed by atoms with Crippen molar-refractivity contribution in [3.05, 3.63) is 18.2 Å². The zero-order valence-electron chi connectivity index (χ0n) is 19.0. The van der Waals surface area contributed by atoms with Gasteiger partial charge in [0.05, 0.1) is 19.0 Å². The molecule has 13 heteroatoms. The lowest BCUT2D eigenvalue weighted by Crippen LogP contribution is -2.58. The number of hydrogen-bond donors (Lipinski definition) is 7. The molecule has 12 nitrogen and oxygen atoms in total. The van der Waals surface area contributed by atoms with E-state index in [1.807, 2.05) is 20.1 Å². The van der Waals surface area contributed by atoms with Gasteiger partial charge in [0.15, 0.2) is 0 Å². The third-order valence-electron chi connectivity index (χ3n) is 4.71. The molecular formula is C20H34N6O6S. The minimum Gasteiger partial charge on any atom is -0.480 e. The molecule has 0 bridgehead atoms. The second-order valence-corrected chi connectivity index (χ2v) is 8.99. The first kappa shape index (κ1) is 28.4. The summed E-state index contributed by atoms with van der Waals surface area (Å²) in [4.78, 5) is 55.9. The Morgan fingerprint density at radius 1 is 1.09 bits per heavy atom. The van der Waals surface area contributed by atoms with Crippen LogP contribution in [-0.4, -0.2) is 86.7 Å². The number of carbonyl (C=O) groups is 4. The van der Waals surface area contributed by atoms with Crippen molar-refractivity contribution < 1.29 is 29.4 Å². The van der Waals surface area contributed by atoms with Crippen LogP contribution >= 0.6 is 11.8 Å². The van der Waals surface area contributed by atoms with Gasteiger partial charge < -0.3 is 36.9 Å². The number of amides is 3. The summed E-state index contributed by atoms with van der Waals surface area (Å²) in [6.07, 6.45) is 5.49. The summed E-state index contributed by atoms with van der Waals surface area (Å²) in [5.74, 6) is -2.73. The molecule has 1 aromatic rings. The maximum Gasteiger partial charge on any atom is 0.326 e. The molecule has 0 fully saturated rings. The van der Waals surface area contributed by atoms with Crippen LogP contribution in [0.4, 0.5) is 0 Å². The molecule has 4 unspecified atom stereocenters. The van der Waals surface area contributed by atoms with Crippen LogP contribution in [0, 0.1) is 5.92 Å². The second kappa shape index (κ2) is 14.5. The van der Waals surface area contributed by atoms with Gasteiger partial charge in [-0.25, -0.2) is 9.78 Å². The Labute approximate surface area is 196 Å². The number of nitrogens with two attached hydrogens (primary N) is 1. The zero-order chi connectivity index (χ0) is 25.0. The highest BCUT2D eigenvalue weighted by Gasteiger charge is 2.30. The Bertz CT molecular complexity index is 775. The summed E-state index contributed by atoms with van der Waals surface area (Å²) >= 11 is 1.47. The highest BCUT2D eigenvalue weighted by Crippen LogP contribution is 2.06. The number of thioether (sulfide) groups is 1. The molecule has 0 saturated heterocycles. The number of nitrogens with zero attached hydrogens (tertiary/aromatic N) is 1. The Morgan fingerprint density at radius 2 is 1.70 bits per heavy atom. The van der Waals surface area contributed by atoms with Gasteiger partial charge in [-0.2, -0.15) is 11.8 Å². The minimum absolute atomic E-state index is 0.00525. The monoisotopic (exact) mass is 486 g/mol. The summed E-state index contributed by atoms with van der Waals surface area (Å²) in [7, 11) is 0. The van der Waals surface area contributed by atoms with Crippen LogP contribution < -0.4 is 21.7 Å². The lowest BCUT2D eigenvalue weighted by Gasteiger charge is -2.24. The minimum atomic E-state index is -1.38. The fourth-order valence-corrected chi connectivity index (χ4v) is 3.41. The Kier molecular flexibility index (Phi) is 12.5. The van der Waals surface area contributed by atoms with Crippen molar-refractivity contribution in [1.29, 1.82) is 0 Å². The number of nitrogens with one attached hydrogen (secondary N) is 4. The fraction of sp³-hybridized carbons (Fsp3) is 0.650. The van der Waals surface area contributed by atoms with E-state index in [1.165, 1.54) is 18.1 Å². The summed E-state index contributed by atoms with van der Waals surface area (Å²) in [5, 5.41) is 26.2. The summed E-state index contributed by atoms with van der Waals surface area (Å²) in [5.41, 5.74) is 6.59. The smallest absolute Gasteiger partial charge is 0.326 e. The van der Waals surface area contributed by atoms with Crippen LogP contribution in [0.3, 0.4) is 0 Å². The van der Waals surface area contributed by atoms with Crippen LogP contribution in [0.15, 0.2) is 12.5 Å². The number of aromatic amines is 1. The largest absolute Gasteiger partial charge is 0.480 e. The number of carboxylic acids is 1. The highest BCUT2D eigenvalue weighted by molar-refractivity contribution is 7.98. The number of H-pyrrole nitrogens is 1. The maximum absolute atomic E-state index is 12.8. The molecule has 0 aliphatic rings. The van der Waals surface area contributed by atoms with Gasteiger partial charge in [-0.1, -0.05) is 13.8 Å². The van der Waals surface area contributed by atoms with Gasteiger partial charge >= 0.3 is 5.97 Å². The van der Waals surface area contributed by atoms with E-state index in [-0.39, 0.29) is 25.2 Å². The second-order valence-electron chi connectivity index (χ2n) is 8.00. The lowest BCUT2D eigenvalue weighted by atomic mass is 10.0. The molecule has 0 spiro atoms. The van der Waals surface area contributed by atoms with Crippen molar-refractivity contribution in [2.24, 2.45) is 11.7 Å². The normalized spacial score (nSPS) is 14.7. The van der Waals surface area contributed by atoms with Crippen molar-refractivity contribution >= 4 is 35.5 Å². The number of imidazole rings is 1. The van der Waals surface area contributed by atoms with E-state index in [0.29, 0.717) is 11.4 Å². The average Bonchev–Trinajstić information content (AvgIpc) is 3.26. The van der Waals surface area contributed by atoms with E-state index in [2.05, 4.69) is 25.9 Å². The summed E-state index contributed by atoms with van der Waals surface area (Å²) < 4.78 is 0. The predicted molar refractivity (Wildman–Crippen MR) is 123 cm³/mol. The van der Waals surface area contributed by atoms with Crippen LogP contribution in [-0.2, 0) is 25.6 Å². The number of carboxylic acid groups (broad SMARTS) is 1. The molecule has 4 atom stereocenters. The quantitative estimate of drug-likeness (QED) is 0.156. The van der Waals surface area contributed by atoms with Gasteiger partial charge in [0, 0.05) is 18.3 Å². The number of aromatic nitrogens is 2. The third-order valence-corrected chi connectivity index (χ3v) is 5.36. The number of carbonyl (C=O) groups excluding carboxylic acids is 3. The van der Waals surface area contributed by atoms with Crippen molar-refractivity contribution in [3.63, 3.8) is 0 Å². The van der Waals surface area contributed by atoms with Crippen LogP contribution in [0.25, 0.3) is 0 Å². The molecule has 0 saturated carbocycles. The topological polar surface area (TPSA) is 200 Å². The first-order chi connectivity index (χ1) is 15.6. The summed E-state index contributed by atoms with van der Waals surface area (Å²) in [6.45, 7) is 2.88. The average molecular weight is 487 g/mol. The fourth-order valence-electron chi connectivity index (χ4n) is 2.94. The number of aliphatic carboxylic acids is 1. The number of rotatable bonds is 15. The molecule has 0 aromatic carbocycles. The SMILES string of the molecule is CSCCC(NC(=O)C(N)Cc1cnc[nH]1)C(=O)NC(CO)C(=O)NC(CC(C)C)C(=O)O. The van der Waals surface area contributed by atoms with Crippen molar-refractivity contribution in [1.82, 2.24) is 25.9 Å². The zero-order valence-corrected chi connectivity index (χ0v) is 19.9. The third kappa shape index (κ3) is 10.2. The molecule has 0 aliphatic carbocycles. The van der Waals surface area contributed by atoms with E-state index in [1.54, 1.807) is 6.20 Å². The molecule has 33 heavy (non-hydrogen) atoms. The van der Waals surface area contributed by atoms with Crippen molar-refractivity contribution in [2.75, 3.05) is 18.6 Å². The van der Waals surface area contributed by atoms with Gasteiger partial charge in [-0.15, -0.1) is 0 Å². The van der Waals surface area contributed by atoms with Gasteiger partial charge in [-0.3, -0.25) is 14.4 Å². The molecule has 0 aliphatic heterocycles. The molecule has 1 heterocycles. The Morgan fingerprint density at radius 3 is 2.21 bits per heavy atom. The molecule has 3 amide bonds. The molecular weight excluding hydrogens is 452 g/mol. The molecule has 1 aromatic heterocycles. The van der Waals surface area contributed by atoms with Gasteiger partial charge in [0.25, 0.3) is 0 Å². The van der Waals surface area contributed by atoms with Crippen molar-refractivity contribution in [3.8, 4) is 0 Å². The van der Waals surface area contributed by atoms with E-state index in [4.69, 9.17) is 5.73 Å². The lowest BCUT2D eigenvalue weighted by molar-refractivity contribution is -0.143. The van der Waals surface area contributed by atoms with E-state index >= 15 is 0 Å². The predicted octanol–water partition coefficient (Wildman–Crippen LogP) is -1.39. The first-order valence-corrected chi connectivity index (χ1v) is 11.9. The van der Waals surface area contributed by atoms with E-state index in [9.17, 15) is 29.4 Å². The summed E-state index contributed by atoms with van der Waals surface area (Å²) in [6, 6.07) is -4.46. The van der Waals surface area contributed by atoms with E-state index in [0.717, 1.165) is 0 Å². The Balaban J connectivity index is 2.79. The van der Waals surface area contributed by atoms with Crippen LogP contribution in [0.2, 0.25) is 0 Å². The van der Waals surface area contributed by atoms with Crippen LogP contribution in [0.1, 0.15) is 32.4 Å².